The lowest BCUT2D eigenvalue weighted by atomic mass is 10.1. The molecule has 3 aromatic carbocycles. The van der Waals surface area contributed by atoms with Gasteiger partial charge in [0.25, 0.3) is 0 Å². The molecule has 0 saturated heterocycles. The fourth-order valence-corrected chi connectivity index (χ4v) is 3.60. The first-order valence-electron chi connectivity index (χ1n) is 9.41. The van der Waals surface area contributed by atoms with Gasteiger partial charge in [-0.2, -0.15) is 0 Å². The maximum Gasteiger partial charge on any atom is 0.337 e. The highest BCUT2D eigenvalue weighted by Gasteiger charge is 2.14. The molecule has 0 spiro atoms. The van der Waals surface area contributed by atoms with Crippen LogP contribution in [0.1, 0.15) is 29.8 Å². The van der Waals surface area contributed by atoms with Gasteiger partial charge in [0.1, 0.15) is 5.75 Å². The maximum absolute atomic E-state index is 12.0. The van der Waals surface area contributed by atoms with Gasteiger partial charge in [0.2, 0.25) is 0 Å². The molecule has 0 amide bonds. The second-order valence-electron chi connectivity index (χ2n) is 7.14. The van der Waals surface area contributed by atoms with E-state index in [1.54, 1.807) is 0 Å². The quantitative estimate of drug-likeness (QED) is 0.439. The number of esters is 1. The fourth-order valence-electron chi connectivity index (χ4n) is 3.60. The van der Waals surface area contributed by atoms with E-state index in [4.69, 9.17) is 9.47 Å². The van der Waals surface area contributed by atoms with E-state index in [-0.39, 0.29) is 12.1 Å². The molecule has 0 aliphatic rings. The van der Waals surface area contributed by atoms with E-state index in [2.05, 4.69) is 28.8 Å². The Bertz CT molecular complexity index is 1140. The third-order valence-electron chi connectivity index (χ3n) is 4.83. The molecular weight excluding hydrogens is 350 g/mol. The van der Waals surface area contributed by atoms with Crippen LogP contribution in [-0.4, -0.2) is 23.8 Å². The van der Waals surface area contributed by atoms with Crippen LogP contribution in [0.5, 0.6) is 5.75 Å². The lowest BCUT2D eigenvalue weighted by Gasteiger charge is -2.11. The van der Waals surface area contributed by atoms with Crippen molar-refractivity contribution in [1.82, 2.24) is 4.57 Å². The van der Waals surface area contributed by atoms with Crippen LogP contribution >= 0.6 is 0 Å². The van der Waals surface area contributed by atoms with E-state index in [1.165, 1.54) is 12.7 Å². The number of carbonyl (C=O) groups excluding carboxylic acids is 1. The number of benzene rings is 3. The zero-order valence-corrected chi connectivity index (χ0v) is 16.3. The summed E-state index contributed by atoms with van der Waals surface area (Å²) in [4.78, 5) is 12.0. The van der Waals surface area contributed by atoms with Crippen LogP contribution in [-0.2, 0) is 11.3 Å². The number of fused-ring (bicyclic) bond motifs is 3. The monoisotopic (exact) mass is 373 g/mol. The minimum Gasteiger partial charge on any atom is -0.491 e. The number of ether oxygens (including phenoxy) is 2. The Kier molecular flexibility index (Phi) is 4.78. The van der Waals surface area contributed by atoms with Crippen molar-refractivity contribution in [3.63, 3.8) is 0 Å². The molecule has 1 heterocycles. The summed E-state index contributed by atoms with van der Waals surface area (Å²) in [5, 5.41) is 2.18. The number of hydrogen-bond acceptors (Lipinski definition) is 3. The predicted octanol–water partition coefficient (Wildman–Crippen LogP) is 5.42. The minimum atomic E-state index is -0.320. The van der Waals surface area contributed by atoms with E-state index in [9.17, 15) is 4.79 Å². The van der Waals surface area contributed by atoms with Crippen LogP contribution in [0, 0.1) is 0 Å². The summed E-state index contributed by atoms with van der Waals surface area (Å²) in [6.45, 7) is 4.78. The lowest BCUT2D eigenvalue weighted by molar-refractivity contribution is 0.0601. The van der Waals surface area contributed by atoms with Gasteiger partial charge >= 0.3 is 5.97 Å². The van der Waals surface area contributed by atoms with Gasteiger partial charge in [-0.3, -0.25) is 0 Å². The van der Waals surface area contributed by atoms with E-state index < -0.39 is 0 Å². The summed E-state index contributed by atoms with van der Waals surface area (Å²) in [6.07, 6.45) is 0.159. The van der Waals surface area contributed by atoms with E-state index in [1.807, 2.05) is 56.3 Å². The standard InChI is InChI=1S/C24H23NO3/c1-16(2)28-19-11-8-17(9-12-19)15-25-22-7-5-4-6-20(22)21-14-18(24(26)27-3)10-13-23(21)25/h4-14,16H,15H2,1-3H3. The molecule has 28 heavy (non-hydrogen) atoms. The average molecular weight is 373 g/mol. The second-order valence-corrected chi connectivity index (χ2v) is 7.14. The summed E-state index contributed by atoms with van der Waals surface area (Å²) in [5.74, 6) is 0.558. The third-order valence-corrected chi connectivity index (χ3v) is 4.83. The van der Waals surface area contributed by atoms with Crippen LogP contribution in [0.25, 0.3) is 21.8 Å². The molecular formula is C24H23NO3. The van der Waals surface area contributed by atoms with Gasteiger partial charge in [-0.1, -0.05) is 30.3 Å². The Balaban J connectivity index is 1.78. The van der Waals surface area contributed by atoms with Gasteiger partial charge in [-0.15, -0.1) is 0 Å². The molecule has 142 valence electrons. The molecule has 4 nitrogen and oxygen atoms in total. The first-order chi connectivity index (χ1) is 13.6. The molecule has 0 aliphatic heterocycles. The van der Waals surface area contributed by atoms with Crippen molar-refractivity contribution < 1.29 is 14.3 Å². The number of carbonyl (C=O) groups is 1. The summed E-state index contributed by atoms with van der Waals surface area (Å²) < 4.78 is 12.9. The van der Waals surface area contributed by atoms with Crippen LogP contribution in [0.15, 0.2) is 66.7 Å². The van der Waals surface area contributed by atoms with Gasteiger partial charge in [0, 0.05) is 28.4 Å². The number of nitrogens with zero attached hydrogens (tertiary/aromatic N) is 1. The Labute approximate surface area is 164 Å². The Hall–Kier alpha value is -3.27. The van der Waals surface area contributed by atoms with Crippen molar-refractivity contribution in [2.45, 2.75) is 26.5 Å². The highest BCUT2D eigenvalue weighted by atomic mass is 16.5. The first-order valence-corrected chi connectivity index (χ1v) is 9.41. The third kappa shape index (κ3) is 3.33. The minimum absolute atomic E-state index is 0.159. The van der Waals surface area contributed by atoms with Gasteiger partial charge in [-0.05, 0) is 55.8 Å². The largest absolute Gasteiger partial charge is 0.491 e. The van der Waals surface area contributed by atoms with Crippen LogP contribution in [0.3, 0.4) is 0 Å². The van der Waals surface area contributed by atoms with Gasteiger partial charge in [-0.25, -0.2) is 4.79 Å². The highest BCUT2D eigenvalue weighted by Crippen LogP contribution is 2.31. The molecule has 0 saturated carbocycles. The second kappa shape index (κ2) is 7.39. The Morgan fingerprint density at radius 1 is 0.929 bits per heavy atom. The zero-order valence-electron chi connectivity index (χ0n) is 16.3. The predicted molar refractivity (Wildman–Crippen MR) is 112 cm³/mol. The number of aromatic nitrogens is 1. The van der Waals surface area contributed by atoms with E-state index >= 15 is 0 Å². The van der Waals surface area contributed by atoms with Crippen LogP contribution in [0.2, 0.25) is 0 Å². The summed E-state index contributed by atoms with van der Waals surface area (Å²) >= 11 is 0. The number of rotatable bonds is 5. The molecule has 4 aromatic rings. The number of methoxy groups -OCH3 is 1. The van der Waals surface area contributed by atoms with Crippen LogP contribution in [0.4, 0.5) is 0 Å². The van der Waals surface area contributed by atoms with E-state index in [0.29, 0.717) is 5.56 Å². The van der Waals surface area contributed by atoms with Gasteiger partial charge in [0.05, 0.1) is 18.8 Å². The molecule has 0 unspecified atom stereocenters. The van der Waals surface area contributed by atoms with Crippen molar-refractivity contribution in [3.8, 4) is 5.75 Å². The lowest BCUT2D eigenvalue weighted by Crippen LogP contribution is -2.05. The summed E-state index contributed by atoms with van der Waals surface area (Å²) in [6, 6.07) is 22.2. The Morgan fingerprint density at radius 3 is 2.36 bits per heavy atom. The van der Waals surface area contributed by atoms with Crippen molar-refractivity contribution in [1.29, 1.82) is 0 Å². The molecule has 1 aromatic heterocycles. The topological polar surface area (TPSA) is 40.5 Å². The maximum atomic E-state index is 12.0. The fraction of sp³-hybridized carbons (Fsp3) is 0.208. The first kappa shape index (κ1) is 18.1. The SMILES string of the molecule is COC(=O)c1ccc2c(c1)c1ccccc1n2Cc1ccc(OC(C)C)cc1. The molecule has 4 heteroatoms. The average Bonchev–Trinajstić information content (AvgIpc) is 3.02. The Morgan fingerprint density at radius 2 is 1.64 bits per heavy atom. The van der Waals surface area contributed by atoms with Crippen molar-refractivity contribution in [2.24, 2.45) is 0 Å². The van der Waals surface area contributed by atoms with Gasteiger partial charge < -0.3 is 14.0 Å². The van der Waals surface area contributed by atoms with Crippen molar-refractivity contribution >= 4 is 27.8 Å². The summed E-state index contributed by atoms with van der Waals surface area (Å²) in [5.41, 5.74) is 3.99. The zero-order chi connectivity index (χ0) is 19.7. The van der Waals surface area contributed by atoms with Crippen molar-refractivity contribution in [3.05, 3.63) is 77.9 Å². The van der Waals surface area contributed by atoms with Gasteiger partial charge in [0.15, 0.2) is 0 Å². The molecule has 0 aliphatic carbocycles. The molecule has 0 atom stereocenters. The molecule has 0 radical (unpaired) electrons. The molecule has 4 rings (SSSR count). The van der Waals surface area contributed by atoms with Crippen molar-refractivity contribution in [2.75, 3.05) is 7.11 Å². The molecule has 0 N–H and O–H groups in total. The van der Waals surface area contributed by atoms with Crippen LogP contribution < -0.4 is 4.74 Å². The highest BCUT2D eigenvalue weighted by molar-refractivity contribution is 6.10. The summed E-state index contributed by atoms with van der Waals surface area (Å²) in [7, 11) is 1.41. The smallest absolute Gasteiger partial charge is 0.337 e. The van der Waals surface area contributed by atoms with E-state index in [0.717, 1.165) is 34.1 Å². The molecule has 0 fully saturated rings. The normalized spacial score (nSPS) is 11.3. The molecule has 0 bridgehead atoms. The number of hydrogen-bond donors (Lipinski definition) is 0. The number of para-hydroxylation sites is 1.